The number of nitrogens with one attached hydrogen (secondary N) is 1. The molecule has 1 saturated heterocycles. The van der Waals surface area contributed by atoms with Crippen molar-refractivity contribution in [3.05, 3.63) is 39.2 Å². The van der Waals surface area contributed by atoms with Gasteiger partial charge in [0.2, 0.25) is 0 Å². The van der Waals surface area contributed by atoms with Gasteiger partial charge in [-0.2, -0.15) is 5.10 Å². The summed E-state index contributed by atoms with van der Waals surface area (Å²) in [4.78, 5) is 12.3. The molecule has 24 heavy (non-hydrogen) atoms. The molecule has 3 heterocycles. The van der Waals surface area contributed by atoms with E-state index in [1.54, 1.807) is 12.3 Å². The Hall–Kier alpha value is -2.34. The van der Waals surface area contributed by atoms with Crippen LogP contribution in [0.5, 0.6) is 5.75 Å². The van der Waals surface area contributed by atoms with Crippen molar-refractivity contribution in [1.29, 1.82) is 0 Å². The highest BCUT2D eigenvalue weighted by atomic mass is 16.4. The van der Waals surface area contributed by atoms with Crippen LogP contribution >= 0.6 is 0 Å². The first-order chi connectivity index (χ1) is 11.7. The molecule has 0 saturated carbocycles. The molecule has 2 aliphatic rings. The largest absolute Gasteiger partial charge is 0.507 e. The molecule has 2 N–H and O–H groups in total. The lowest BCUT2D eigenvalue weighted by molar-refractivity contribution is 0.240. The normalized spacial score (nSPS) is 18.2. The third kappa shape index (κ3) is 2.67. The van der Waals surface area contributed by atoms with Crippen molar-refractivity contribution in [3.63, 3.8) is 0 Å². The van der Waals surface area contributed by atoms with Crippen molar-refractivity contribution < 1.29 is 9.52 Å². The Morgan fingerprint density at radius 2 is 2.04 bits per heavy atom. The number of phenolic OH excluding ortho intramolecular Hbond substituents is 1. The first-order valence-electron chi connectivity index (χ1n) is 8.54. The number of piperidine rings is 1. The topological polar surface area (TPSA) is 78.1 Å². The van der Waals surface area contributed by atoms with Gasteiger partial charge in [-0.15, -0.1) is 0 Å². The zero-order valence-corrected chi connectivity index (χ0v) is 13.5. The molecule has 6 heteroatoms. The summed E-state index contributed by atoms with van der Waals surface area (Å²) in [5, 5.41) is 20.8. The fourth-order valence-electron chi connectivity index (χ4n) is 3.52. The van der Waals surface area contributed by atoms with Crippen LogP contribution in [-0.2, 0) is 13.0 Å². The minimum absolute atomic E-state index is 0.0836. The number of aromatic hydroxyl groups is 1. The molecule has 126 valence electrons. The summed E-state index contributed by atoms with van der Waals surface area (Å²) in [5.41, 5.74) is 2.30. The quantitative estimate of drug-likeness (QED) is 0.651. The Bertz CT molecular complexity index is 851. The number of hydrogen-bond acceptors (Lipinski definition) is 6. The van der Waals surface area contributed by atoms with Gasteiger partial charge in [0, 0.05) is 25.0 Å². The van der Waals surface area contributed by atoms with Crippen molar-refractivity contribution >= 4 is 17.2 Å². The monoisotopic (exact) mass is 327 g/mol. The second-order valence-electron chi connectivity index (χ2n) is 6.41. The fourth-order valence-corrected chi connectivity index (χ4v) is 3.52. The number of hydrogen-bond donors (Lipinski definition) is 2. The maximum Gasteiger partial charge on any atom is 0.341 e. The molecular formula is C18H21N3O3. The summed E-state index contributed by atoms with van der Waals surface area (Å²) >= 11 is 0. The van der Waals surface area contributed by atoms with Gasteiger partial charge < -0.3 is 14.8 Å². The molecule has 0 atom stereocenters. The minimum Gasteiger partial charge on any atom is -0.507 e. The predicted octanol–water partition coefficient (Wildman–Crippen LogP) is 1.96. The van der Waals surface area contributed by atoms with Crippen LogP contribution in [0.15, 0.2) is 26.4 Å². The van der Waals surface area contributed by atoms with E-state index in [-0.39, 0.29) is 11.4 Å². The number of rotatable bonds is 2. The SMILES string of the molecule is O=c1oc2c(/C=N/N3CCCCC3)c(O)ccc2c2c1CNCC2. The lowest BCUT2D eigenvalue weighted by atomic mass is 9.97. The number of hydrazone groups is 1. The first kappa shape index (κ1) is 15.2. The second kappa shape index (κ2) is 6.28. The number of benzene rings is 1. The molecule has 0 unspecified atom stereocenters. The third-order valence-corrected chi connectivity index (χ3v) is 4.84. The van der Waals surface area contributed by atoms with E-state index in [4.69, 9.17) is 4.42 Å². The summed E-state index contributed by atoms with van der Waals surface area (Å²) in [6.45, 7) is 3.22. The average Bonchev–Trinajstić information content (AvgIpc) is 2.62. The highest BCUT2D eigenvalue weighted by Crippen LogP contribution is 2.29. The van der Waals surface area contributed by atoms with Crippen molar-refractivity contribution in [2.75, 3.05) is 19.6 Å². The van der Waals surface area contributed by atoms with E-state index in [0.717, 1.165) is 49.8 Å². The maximum absolute atomic E-state index is 12.3. The molecule has 1 aromatic heterocycles. The highest BCUT2D eigenvalue weighted by molar-refractivity contribution is 6.00. The smallest absolute Gasteiger partial charge is 0.341 e. The Labute approximate surface area is 139 Å². The van der Waals surface area contributed by atoms with Crippen LogP contribution in [0.1, 0.15) is 36.0 Å². The summed E-state index contributed by atoms with van der Waals surface area (Å²) in [7, 11) is 0. The summed E-state index contributed by atoms with van der Waals surface area (Å²) in [6, 6.07) is 3.48. The van der Waals surface area contributed by atoms with Gasteiger partial charge >= 0.3 is 5.63 Å². The molecule has 0 amide bonds. The van der Waals surface area contributed by atoms with E-state index in [1.807, 2.05) is 11.1 Å². The van der Waals surface area contributed by atoms with Gasteiger partial charge in [0.1, 0.15) is 5.75 Å². The van der Waals surface area contributed by atoms with E-state index < -0.39 is 0 Å². The van der Waals surface area contributed by atoms with Crippen molar-refractivity contribution in [2.24, 2.45) is 5.10 Å². The number of nitrogens with zero attached hydrogens (tertiary/aromatic N) is 2. The van der Waals surface area contributed by atoms with E-state index in [0.29, 0.717) is 23.3 Å². The number of fused-ring (bicyclic) bond motifs is 3. The Morgan fingerprint density at radius 1 is 1.21 bits per heavy atom. The molecule has 4 rings (SSSR count). The highest BCUT2D eigenvalue weighted by Gasteiger charge is 2.20. The standard InChI is InChI=1S/C18H21N3O3/c22-16-5-4-13-12-6-7-19-10-14(12)18(23)24-17(13)15(16)11-20-21-8-2-1-3-9-21/h4-5,11,19,22H,1-3,6-10H2/b20-11+. The van der Waals surface area contributed by atoms with Crippen LogP contribution in [0.2, 0.25) is 0 Å². The average molecular weight is 327 g/mol. The summed E-state index contributed by atoms with van der Waals surface area (Å²) < 4.78 is 5.55. The van der Waals surface area contributed by atoms with Gasteiger partial charge in [0.05, 0.1) is 17.3 Å². The molecule has 1 fully saturated rings. The van der Waals surface area contributed by atoms with Gasteiger partial charge in [-0.05, 0) is 49.9 Å². The van der Waals surface area contributed by atoms with Crippen molar-refractivity contribution in [3.8, 4) is 5.75 Å². The van der Waals surface area contributed by atoms with Crippen LogP contribution in [0.4, 0.5) is 0 Å². The Morgan fingerprint density at radius 3 is 2.88 bits per heavy atom. The van der Waals surface area contributed by atoms with Crippen LogP contribution in [-0.4, -0.2) is 36.0 Å². The van der Waals surface area contributed by atoms with E-state index >= 15 is 0 Å². The van der Waals surface area contributed by atoms with Crippen molar-refractivity contribution in [1.82, 2.24) is 10.3 Å². The lowest BCUT2D eigenvalue weighted by Crippen LogP contribution is -2.29. The molecule has 6 nitrogen and oxygen atoms in total. The molecule has 2 aromatic rings. The molecule has 1 aromatic carbocycles. The van der Waals surface area contributed by atoms with Gasteiger partial charge in [-0.3, -0.25) is 5.01 Å². The zero-order valence-electron chi connectivity index (χ0n) is 13.5. The van der Waals surface area contributed by atoms with Crippen LogP contribution in [0.3, 0.4) is 0 Å². The second-order valence-corrected chi connectivity index (χ2v) is 6.41. The van der Waals surface area contributed by atoms with E-state index in [9.17, 15) is 9.90 Å². The van der Waals surface area contributed by atoms with Gasteiger partial charge in [0.25, 0.3) is 0 Å². The van der Waals surface area contributed by atoms with Gasteiger partial charge in [-0.25, -0.2) is 4.79 Å². The van der Waals surface area contributed by atoms with Gasteiger partial charge in [0.15, 0.2) is 5.58 Å². The van der Waals surface area contributed by atoms with Crippen LogP contribution in [0, 0.1) is 0 Å². The molecule has 2 aliphatic heterocycles. The van der Waals surface area contributed by atoms with Crippen LogP contribution < -0.4 is 10.9 Å². The lowest BCUT2D eigenvalue weighted by Gasteiger charge is -2.23. The summed E-state index contributed by atoms with van der Waals surface area (Å²) in [6.07, 6.45) is 5.91. The predicted molar refractivity (Wildman–Crippen MR) is 92.6 cm³/mol. The molecule has 0 radical (unpaired) electrons. The van der Waals surface area contributed by atoms with Crippen LogP contribution in [0.25, 0.3) is 11.0 Å². The Balaban J connectivity index is 1.82. The fraction of sp³-hybridized carbons (Fsp3) is 0.444. The third-order valence-electron chi connectivity index (χ3n) is 4.84. The summed E-state index contributed by atoms with van der Waals surface area (Å²) in [5.74, 6) is 0.0836. The van der Waals surface area contributed by atoms with Gasteiger partial charge in [-0.1, -0.05) is 0 Å². The molecule has 0 bridgehead atoms. The Kier molecular flexibility index (Phi) is 3.98. The molecule has 0 aliphatic carbocycles. The zero-order chi connectivity index (χ0) is 16.5. The van der Waals surface area contributed by atoms with E-state index in [2.05, 4.69) is 10.4 Å². The first-order valence-corrected chi connectivity index (χ1v) is 8.54. The van der Waals surface area contributed by atoms with E-state index in [1.165, 1.54) is 6.42 Å². The number of phenols is 1. The maximum atomic E-state index is 12.3. The molecule has 0 spiro atoms. The minimum atomic E-state index is -0.331. The molecular weight excluding hydrogens is 306 g/mol. The van der Waals surface area contributed by atoms with Crippen molar-refractivity contribution in [2.45, 2.75) is 32.2 Å².